The standard InChI is InChI=1S/C14H22N2O4S/c1-11-10-19-9-8-15(11)21(17,18)16-7-3-4-13(16)14-6-5-12(2)20-14/h5-6,11,13H,3-4,7-10H2,1-2H3. The van der Waals surface area contributed by atoms with Crippen molar-refractivity contribution >= 4 is 10.2 Å². The number of ether oxygens (including phenoxy) is 1. The molecule has 7 heteroatoms. The maximum absolute atomic E-state index is 12.9. The molecule has 6 nitrogen and oxygen atoms in total. The number of hydrogen-bond donors (Lipinski definition) is 0. The van der Waals surface area contributed by atoms with Gasteiger partial charge in [-0.2, -0.15) is 17.0 Å². The second-order valence-electron chi connectivity index (χ2n) is 5.76. The molecule has 3 rings (SSSR count). The van der Waals surface area contributed by atoms with Gasteiger partial charge in [-0.05, 0) is 38.8 Å². The minimum absolute atomic E-state index is 0.122. The zero-order valence-electron chi connectivity index (χ0n) is 12.5. The van der Waals surface area contributed by atoms with Crippen LogP contribution in [0.2, 0.25) is 0 Å². The molecule has 2 fully saturated rings. The van der Waals surface area contributed by atoms with Crippen LogP contribution in [-0.2, 0) is 14.9 Å². The van der Waals surface area contributed by atoms with Crippen LogP contribution in [-0.4, -0.2) is 49.4 Å². The third-order valence-corrected chi connectivity index (χ3v) is 6.36. The smallest absolute Gasteiger partial charge is 0.283 e. The molecule has 1 aromatic heterocycles. The summed E-state index contributed by atoms with van der Waals surface area (Å²) in [5, 5.41) is 0. The van der Waals surface area contributed by atoms with Gasteiger partial charge in [0.25, 0.3) is 10.2 Å². The summed E-state index contributed by atoms with van der Waals surface area (Å²) in [6.45, 7) is 5.65. The van der Waals surface area contributed by atoms with Crippen molar-refractivity contribution in [2.24, 2.45) is 0 Å². The lowest BCUT2D eigenvalue weighted by molar-refractivity contribution is 0.0359. The molecule has 0 aliphatic carbocycles. The van der Waals surface area contributed by atoms with E-state index in [1.54, 1.807) is 8.61 Å². The van der Waals surface area contributed by atoms with E-state index in [0.29, 0.717) is 26.3 Å². The lowest BCUT2D eigenvalue weighted by Gasteiger charge is -2.36. The van der Waals surface area contributed by atoms with Gasteiger partial charge in [-0.15, -0.1) is 0 Å². The molecule has 2 unspecified atom stereocenters. The van der Waals surface area contributed by atoms with Gasteiger partial charge in [0, 0.05) is 19.1 Å². The first-order chi connectivity index (χ1) is 10.00. The summed E-state index contributed by atoms with van der Waals surface area (Å²) in [6, 6.07) is 3.47. The zero-order chi connectivity index (χ0) is 15.0. The van der Waals surface area contributed by atoms with E-state index < -0.39 is 10.2 Å². The first kappa shape index (κ1) is 15.0. The topological polar surface area (TPSA) is 63.0 Å². The van der Waals surface area contributed by atoms with Crippen LogP contribution in [0, 0.1) is 6.92 Å². The third-order valence-electron chi connectivity index (χ3n) is 4.19. The molecule has 0 spiro atoms. The summed E-state index contributed by atoms with van der Waals surface area (Å²) in [4.78, 5) is 0. The molecule has 2 saturated heterocycles. The molecule has 0 saturated carbocycles. The quantitative estimate of drug-likeness (QED) is 0.852. The van der Waals surface area contributed by atoms with E-state index in [-0.39, 0.29) is 12.1 Å². The summed E-state index contributed by atoms with van der Waals surface area (Å²) in [7, 11) is -3.47. The van der Waals surface area contributed by atoms with Crippen molar-refractivity contribution in [1.29, 1.82) is 0 Å². The fourth-order valence-corrected chi connectivity index (χ4v) is 5.10. The zero-order valence-corrected chi connectivity index (χ0v) is 13.3. The van der Waals surface area contributed by atoms with Crippen LogP contribution in [0.1, 0.15) is 37.3 Å². The van der Waals surface area contributed by atoms with Crippen molar-refractivity contribution in [3.63, 3.8) is 0 Å². The molecule has 0 N–H and O–H groups in total. The summed E-state index contributed by atoms with van der Waals surface area (Å²) in [5.41, 5.74) is 0. The Labute approximate surface area is 125 Å². The van der Waals surface area contributed by atoms with Crippen molar-refractivity contribution in [1.82, 2.24) is 8.61 Å². The number of aryl methyl sites for hydroxylation is 1. The van der Waals surface area contributed by atoms with Crippen LogP contribution in [0.15, 0.2) is 16.5 Å². The number of morpholine rings is 1. The molecule has 118 valence electrons. The monoisotopic (exact) mass is 314 g/mol. The van der Waals surface area contributed by atoms with Gasteiger partial charge in [-0.25, -0.2) is 0 Å². The van der Waals surface area contributed by atoms with Gasteiger partial charge in [-0.1, -0.05) is 0 Å². The average Bonchev–Trinajstić information content (AvgIpc) is 3.07. The first-order valence-corrected chi connectivity index (χ1v) is 8.82. The van der Waals surface area contributed by atoms with Gasteiger partial charge in [0.2, 0.25) is 0 Å². The molecule has 1 aromatic rings. The molecule has 0 radical (unpaired) electrons. The Hall–Kier alpha value is -0.890. The van der Waals surface area contributed by atoms with Gasteiger partial charge >= 0.3 is 0 Å². The number of furan rings is 1. The molecular weight excluding hydrogens is 292 g/mol. The maximum Gasteiger partial charge on any atom is 0.283 e. The summed E-state index contributed by atoms with van der Waals surface area (Å²) in [5.74, 6) is 1.56. The largest absolute Gasteiger partial charge is 0.465 e. The Kier molecular flexibility index (Phi) is 4.09. The van der Waals surface area contributed by atoms with Gasteiger partial charge in [0.1, 0.15) is 11.5 Å². The van der Waals surface area contributed by atoms with Crippen LogP contribution < -0.4 is 0 Å². The first-order valence-electron chi connectivity index (χ1n) is 7.43. The van der Waals surface area contributed by atoms with Crippen LogP contribution in [0.25, 0.3) is 0 Å². The second kappa shape index (κ2) is 5.72. The predicted octanol–water partition coefficient (Wildman–Crippen LogP) is 1.69. The fourth-order valence-electron chi connectivity index (χ4n) is 3.12. The predicted molar refractivity (Wildman–Crippen MR) is 78.0 cm³/mol. The highest BCUT2D eigenvalue weighted by atomic mass is 32.2. The lowest BCUT2D eigenvalue weighted by atomic mass is 10.2. The Morgan fingerprint density at radius 3 is 2.71 bits per heavy atom. The molecule has 3 heterocycles. The Balaban J connectivity index is 1.86. The Morgan fingerprint density at radius 1 is 1.24 bits per heavy atom. The number of nitrogens with zero attached hydrogens (tertiary/aromatic N) is 2. The van der Waals surface area contributed by atoms with E-state index in [2.05, 4.69) is 0 Å². The van der Waals surface area contributed by atoms with Crippen molar-refractivity contribution < 1.29 is 17.6 Å². The number of rotatable bonds is 3. The molecule has 21 heavy (non-hydrogen) atoms. The van der Waals surface area contributed by atoms with Gasteiger partial charge < -0.3 is 9.15 Å². The normalized spacial score (nSPS) is 29.0. The molecule has 0 amide bonds. The average molecular weight is 314 g/mol. The minimum Gasteiger partial charge on any atom is -0.465 e. The molecule has 2 atom stereocenters. The third kappa shape index (κ3) is 2.75. The van der Waals surface area contributed by atoms with Crippen LogP contribution in [0.5, 0.6) is 0 Å². The molecular formula is C14H22N2O4S. The highest BCUT2D eigenvalue weighted by molar-refractivity contribution is 7.86. The van der Waals surface area contributed by atoms with Crippen molar-refractivity contribution in [3.05, 3.63) is 23.7 Å². The van der Waals surface area contributed by atoms with E-state index in [1.165, 1.54) is 0 Å². The Morgan fingerprint density at radius 2 is 2.05 bits per heavy atom. The van der Waals surface area contributed by atoms with Gasteiger partial charge in [-0.3, -0.25) is 0 Å². The summed E-state index contributed by atoms with van der Waals surface area (Å²) in [6.07, 6.45) is 1.67. The summed E-state index contributed by atoms with van der Waals surface area (Å²) >= 11 is 0. The number of hydrogen-bond acceptors (Lipinski definition) is 4. The van der Waals surface area contributed by atoms with Crippen LogP contribution in [0.4, 0.5) is 0 Å². The second-order valence-corrected chi connectivity index (χ2v) is 7.59. The van der Waals surface area contributed by atoms with Crippen molar-refractivity contribution in [2.75, 3.05) is 26.3 Å². The maximum atomic E-state index is 12.9. The molecule has 0 aromatic carbocycles. The van der Waals surface area contributed by atoms with E-state index in [9.17, 15) is 8.42 Å². The highest BCUT2D eigenvalue weighted by Crippen LogP contribution is 2.36. The van der Waals surface area contributed by atoms with E-state index in [0.717, 1.165) is 24.4 Å². The van der Waals surface area contributed by atoms with E-state index >= 15 is 0 Å². The highest BCUT2D eigenvalue weighted by Gasteiger charge is 2.42. The Bertz CT molecular complexity index is 598. The van der Waals surface area contributed by atoms with Crippen LogP contribution >= 0.6 is 0 Å². The SMILES string of the molecule is Cc1ccc(C2CCCN2S(=O)(=O)N2CCOCC2C)o1. The van der Waals surface area contributed by atoms with Gasteiger partial charge in [0.05, 0.1) is 19.3 Å². The fraction of sp³-hybridized carbons (Fsp3) is 0.714. The van der Waals surface area contributed by atoms with Crippen molar-refractivity contribution in [3.8, 4) is 0 Å². The minimum atomic E-state index is -3.47. The summed E-state index contributed by atoms with van der Waals surface area (Å²) < 4.78 is 40.0. The van der Waals surface area contributed by atoms with Gasteiger partial charge in [0.15, 0.2) is 0 Å². The van der Waals surface area contributed by atoms with E-state index in [1.807, 2.05) is 26.0 Å². The molecule has 0 bridgehead atoms. The molecule has 2 aliphatic rings. The molecule has 2 aliphatic heterocycles. The lowest BCUT2D eigenvalue weighted by Crippen LogP contribution is -2.52. The van der Waals surface area contributed by atoms with Crippen molar-refractivity contribution in [2.45, 2.75) is 38.8 Å². The van der Waals surface area contributed by atoms with Crippen LogP contribution in [0.3, 0.4) is 0 Å². The van der Waals surface area contributed by atoms with E-state index in [4.69, 9.17) is 9.15 Å².